The van der Waals surface area contributed by atoms with E-state index in [4.69, 9.17) is 4.74 Å². The Labute approximate surface area is 383 Å². The summed E-state index contributed by atoms with van der Waals surface area (Å²) < 4.78 is 5.90. The molecule has 0 aromatic heterocycles. The van der Waals surface area contributed by atoms with Crippen LogP contribution in [0.1, 0.15) is 245 Å². The molecule has 3 atom stereocenters. The number of rotatable bonds is 46. The van der Waals surface area contributed by atoms with Gasteiger partial charge in [-0.2, -0.15) is 0 Å². The number of amides is 1. The molecule has 6 nitrogen and oxygen atoms in total. The second-order valence-electron chi connectivity index (χ2n) is 17.7. The predicted molar refractivity (Wildman–Crippen MR) is 268 cm³/mol. The Morgan fingerprint density at radius 1 is 0.484 bits per heavy atom. The number of carbonyl (C=O) groups excluding carboxylic acids is 2. The first-order valence-corrected chi connectivity index (χ1v) is 26.2. The van der Waals surface area contributed by atoms with E-state index >= 15 is 0 Å². The molecule has 0 heterocycles. The third kappa shape index (κ3) is 43.9. The highest BCUT2D eigenvalue weighted by molar-refractivity contribution is 5.77. The SMILES string of the molecule is CC/C=C/C=C/C=C\C=C/CCCCCC(=O)OC(CCCCC/C=C/C=C/CCCCCCCCC)CC(=O)NC(CO)C(O)CCCCCCCCCCCCCCCC. The van der Waals surface area contributed by atoms with E-state index in [0.29, 0.717) is 19.3 Å². The number of carbonyl (C=O) groups is 2. The van der Waals surface area contributed by atoms with E-state index in [1.807, 2.05) is 30.4 Å². The molecule has 358 valence electrons. The molecule has 0 saturated carbocycles. The minimum Gasteiger partial charge on any atom is -0.462 e. The van der Waals surface area contributed by atoms with E-state index in [1.54, 1.807) is 0 Å². The normalized spacial score (nSPS) is 13.8. The molecular weight excluding hydrogens is 767 g/mol. The maximum absolute atomic E-state index is 13.2. The van der Waals surface area contributed by atoms with Crippen LogP contribution < -0.4 is 5.32 Å². The zero-order valence-corrected chi connectivity index (χ0v) is 40.7. The van der Waals surface area contributed by atoms with Crippen LogP contribution in [0.4, 0.5) is 0 Å². The predicted octanol–water partition coefficient (Wildman–Crippen LogP) is 15.8. The summed E-state index contributed by atoms with van der Waals surface area (Å²) in [6.45, 7) is 6.33. The quantitative estimate of drug-likeness (QED) is 0.0322. The van der Waals surface area contributed by atoms with Crippen LogP contribution in [0, 0.1) is 0 Å². The lowest BCUT2D eigenvalue weighted by Gasteiger charge is -2.24. The number of unbranched alkanes of at least 4 members (excludes halogenated alkanes) is 26. The number of aliphatic hydroxyl groups excluding tert-OH is 2. The zero-order chi connectivity index (χ0) is 45.2. The van der Waals surface area contributed by atoms with Crippen LogP contribution in [0.15, 0.2) is 72.9 Å². The van der Waals surface area contributed by atoms with Crippen molar-refractivity contribution < 1.29 is 24.5 Å². The molecule has 0 aliphatic rings. The van der Waals surface area contributed by atoms with E-state index in [9.17, 15) is 19.8 Å². The Morgan fingerprint density at radius 2 is 0.871 bits per heavy atom. The average molecular weight is 866 g/mol. The van der Waals surface area contributed by atoms with Crippen molar-refractivity contribution in [2.45, 2.75) is 264 Å². The highest BCUT2D eigenvalue weighted by Gasteiger charge is 2.24. The lowest BCUT2D eigenvalue weighted by Crippen LogP contribution is -2.46. The van der Waals surface area contributed by atoms with Gasteiger partial charge in [-0.15, -0.1) is 0 Å². The van der Waals surface area contributed by atoms with Crippen molar-refractivity contribution >= 4 is 11.9 Å². The van der Waals surface area contributed by atoms with Gasteiger partial charge in [0.25, 0.3) is 0 Å². The largest absolute Gasteiger partial charge is 0.462 e. The summed E-state index contributed by atoms with van der Waals surface area (Å²) in [6.07, 6.45) is 62.5. The molecular formula is C56H99NO5. The summed E-state index contributed by atoms with van der Waals surface area (Å²) in [5.41, 5.74) is 0. The minimum atomic E-state index is -0.804. The summed E-state index contributed by atoms with van der Waals surface area (Å²) in [6, 6.07) is -0.721. The monoisotopic (exact) mass is 866 g/mol. The summed E-state index contributed by atoms with van der Waals surface area (Å²) in [4.78, 5) is 26.1. The molecule has 3 unspecified atom stereocenters. The summed E-state index contributed by atoms with van der Waals surface area (Å²) >= 11 is 0. The topological polar surface area (TPSA) is 95.9 Å². The van der Waals surface area contributed by atoms with E-state index in [0.717, 1.165) is 83.5 Å². The number of hydrogen-bond acceptors (Lipinski definition) is 5. The fraction of sp³-hybridized carbons (Fsp3) is 0.750. The minimum absolute atomic E-state index is 0.0413. The average Bonchev–Trinajstić information content (AvgIpc) is 3.26. The molecule has 0 saturated heterocycles. The molecule has 0 aliphatic carbocycles. The Kier molecular flexibility index (Phi) is 47.2. The molecule has 0 bridgehead atoms. The van der Waals surface area contributed by atoms with E-state index in [-0.39, 0.29) is 24.9 Å². The van der Waals surface area contributed by atoms with Gasteiger partial charge in [0.05, 0.1) is 25.2 Å². The van der Waals surface area contributed by atoms with Crippen molar-refractivity contribution in [2.75, 3.05) is 6.61 Å². The number of ether oxygens (including phenoxy) is 1. The number of nitrogens with one attached hydrogen (secondary N) is 1. The molecule has 0 rings (SSSR count). The molecule has 1 amide bonds. The standard InChI is InChI=1S/C56H99NO5/c1-4-7-10-13-16-19-22-25-27-28-30-32-35-38-41-44-47-52(62-56(61)49-46-43-40-37-34-29-24-21-18-15-12-9-6-3)50-55(60)57-53(51-58)54(59)48-45-42-39-36-33-31-26-23-20-17-14-11-8-5-2/h9,12,15,18,21,24,27-30,32,34,52-54,58-59H,4-8,10-11,13-14,16-17,19-20,22-23,25-26,31,33,35-51H2,1-3H3,(H,57,60)/b12-9+,18-15+,24-21-,28-27+,32-30+,34-29-. The van der Waals surface area contributed by atoms with Crippen LogP contribution in [-0.2, 0) is 14.3 Å². The van der Waals surface area contributed by atoms with Crippen LogP contribution in [0.5, 0.6) is 0 Å². The van der Waals surface area contributed by atoms with Gasteiger partial charge in [0, 0.05) is 6.42 Å². The highest BCUT2D eigenvalue weighted by atomic mass is 16.5. The van der Waals surface area contributed by atoms with Crippen LogP contribution in [0.2, 0.25) is 0 Å². The van der Waals surface area contributed by atoms with Gasteiger partial charge < -0.3 is 20.3 Å². The van der Waals surface area contributed by atoms with Crippen LogP contribution >= 0.6 is 0 Å². The maximum atomic E-state index is 13.2. The third-order valence-electron chi connectivity index (χ3n) is 11.6. The van der Waals surface area contributed by atoms with Gasteiger partial charge in [0.1, 0.15) is 6.10 Å². The Hall–Kier alpha value is -2.70. The molecule has 0 fully saturated rings. The van der Waals surface area contributed by atoms with E-state index in [2.05, 4.69) is 68.6 Å². The summed E-state index contributed by atoms with van der Waals surface area (Å²) in [5, 5.41) is 23.8. The van der Waals surface area contributed by atoms with Crippen molar-refractivity contribution in [3.05, 3.63) is 72.9 Å². The van der Waals surface area contributed by atoms with Crippen LogP contribution in [0.25, 0.3) is 0 Å². The van der Waals surface area contributed by atoms with E-state index in [1.165, 1.54) is 116 Å². The second-order valence-corrected chi connectivity index (χ2v) is 17.7. The van der Waals surface area contributed by atoms with Gasteiger partial charge >= 0.3 is 5.97 Å². The van der Waals surface area contributed by atoms with Crippen molar-refractivity contribution in [1.29, 1.82) is 0 Å². The smallest absolute Gasteiger partial charge is 0.306 e. The molecule has 0 radical (unpaired) electrons. The highest BCUT2D eigenvalue weighted by Crippen LogP contribution is 2.17. The van der Waals surface area contributed by atoms with Gasteiger partial charge in [0.2, 0.25) is 5.91 Å². The Bertz CT molecular complexity index is 1150. The first kappa shape index (κ1) is 59.3. The number of esters is 1. The molecule has 0 aliphatic heterocycles. The second kappa shape index (κ2) is 49.3. The molecule has 0 spiro atoms. The molecule has 62 heavy (non-hydrogen) atoms. The van der Waals surface area contributed by atoms with Crippen molar-refractivity contribution in [3.63, 3.8) is 0 Å². The fourth-order valence-electron chi connectivity index (χ4n) is 7.67. The zero-order valence-electron chi connectivity index (χ0n) is 40.7. The third-order valence-corrected chi connectivity index (χ3v) is 11.6. The lowest BCUT2D eigenvalue weighted by atomic mass is 10.0. The lowest BCUT2D eigenvalue weighted by molar-refractivity contribution is -0.151. The van der Waals surface area contributed by atoms with Crippen molar-refractivity contribution in [3.8, 4) is 0 Å². The van der Waals surface area contributed by atoms with Crippen molar-refractivity contribution in [2.24, 2.45) is 0 Å². The van der Waals surface area contributed by atoms with Crippen LogP contribution in [0.3, 0.4) is 0 Å². The maximum Gasteiger partial charge on any atom is 0.306 e. The Balaban J connectivity index is 4.69. The summed E-state index contributed by atoms with van der Waals surface area (Å²) in [5.74, 6) is -0.547. The summed E-state index contributed by atoms with van der Waals surface area (Å²) in [7, 11) is 0. The number of hydrogen-bond donors (Lipinski definition) is 3. The molecule has 0 aromatic rings. The van der Waals surface area contributed by atoms with Crippen LogP contribution in [-0.4, -0.2) is 46.9 Å². The molecule has 6 heteroatoms. The molecule has 0 aromatic carbocycles. The number of allylic oxidation sites excluding steroid dienone is 12. The van der Waals surface area contributed by atoms with E-state index < -0.39 is 18.2 Å². The molecule has 3 N–H and O–H groups in total. The van der Waals surface area contributed by atoms with Gasteiger partial charge in [-0.25, -0.2) is 0 Å². The first-order chi connectivity index (χ1) is 30.5. The van der Waals surface area contributed by atoms with Gasteiger partial charge in [0.15, 0.2) is 0 Å². The van der Waals surface area contributed by atoms with Crippen molar-refractivity contribution in [1.82, 2.24) is 5.32 Å². The Morgan fingerprint density at radius 3 is 1.35 bits per heavy atom. The first-order valence-electron chi connectivity index (χ1n) is 26.2. The van der Waals surface area contributed by atoms with Gasteiger partial charge in [-0.3, -0.25) is 9.59 Å². The van der Waals surface area contributed by atoms with Gasteiger partial charge in [-0.1, -0.05) is 235 Å². The fourth-order valence-corrected chi connectivity index (χ4v) is 7.67. The van der Waals surface area contributed by atoms with Gasteiger partial charge in [-0.05, 0) is 70.6 Å². The number of aliphatic hydroxyl groups is 2.